The second-order valence-corrected chi connectivity index (χ2v) is 5.95. The van der Waals surface area contributed by atoms with Crippen molar-refractivity contribution in [3.05, 3.63) is 47.8 Å². The summed E-state index contributed by atoms with van der Waals surface area (Å²) in [6.07, 6.45) is 0.157. The Morgan fingerprint density at radius 2 is 1.87 bits per heavy atom. The van der Waals surface area contributed by atoms with Crippen LogP contribution in [-0.2, 0) is 6.18 Å². The molecule has 0 saturated carbocycles. The van der Waals surface area contributed by atoms with Crippen molar-refractivity contribution in [1.82, 2.24) is 4.90 Å². The van der Waals surface area contributed by atoms with E-state index >= 15 is 0 Å². The summed E-state index contributed by atoms with van der Waals surface area (Å²) < 4.78 is 38.2. The van der Waals surface area contributed by atoms with Crippen LogP contribution in [0.3, 0.4) is 0 Å². The molecule has 2 aliphatic rings. The Hall–Kier alpha value is -2.11. The summed E-state index contributed by atoms with van der Waals surface area (Å²) in [7, 11) is 0. The molecular formula is C17H18F3N3. The van der Waals surface area contributed by atoms with E-state index in [1.807, 2.05) is 6.20 Å². The van der Waals surface area contributed by atoms with Gasteiger partial charge >= 0.3 is 6.18 Å². The van der Waals surface area contributed by atoms with Crippen molar-refractivity contribution in [2.75, 3.05) is 6.54 Å². The van der Waals surface area contributed by atoms with Gasteiger partial charge in [-0.2, -0.15) is 13.2 Å². The average Bonchev–Trinajstić information content (AvgIpc) is 2.53. The highest BCUT2D eigenvalue weighted by atomic mass is 19.4. The summed E-state index contributed by atoms with van der Waals surface area (Å²) >= 11 is 0. The molecule has 0 spiro atoms. The van der Waals surface area contributed by atoms with E-state index in [0.717, 1.165) is 35.5 Å². The Bertz CT molecular complexity index is 669. The molecule has 23 heavy (non-hydrogen) atoms. The van der Waals surface area contributed by atoms with Crippen LogP contribution in [0.1, 0.15) is 31.4 Å². The summed E-state index contributed by atoms with van der Waals surface area (Å²) in [4.78, 5) is 11.2. The Morgan fingerprint density at radius 1 is 1.17 bits per heavy atom. The highest BCUT2D eigenvalue weighted by molar-refractivity contribution is 6.20. The van der Waals surface area contributed by atoms with Gasteiger partial charge in [0.1, 0.15) is 6.04 Å². The highest BCUT2D eigenvalue weighted by Crippen LogP contribution is 2.30. The molecule has 3 rings (SSSR count). The van der Waals surface area contributed by atoms with Crippen LogP contribution in [0.15, 0.2) is 46.7 Å². The van der Waals surface area contributed by atoms with Gasteiger partial charge in [-0.05, 0) is 31.5 Å². The third-order valence-electron chi connectivity index (χ3n) is 4.11. The summed E-state index contributed by atoms with van der Waals surface area (Å²) in [5, 5.41) is 0. The maximum Gasteiger partial charge on any atom is 0.416 e. The van der Waals surface area contributed by atoms with Crippen LogP contribution in [0.5, 0.6) is 0 Å². The first-order valence-corrected chi connectivity index (χ1v) is 7.60. The fourth-order valence-electron chi connectivity index (χ4n) is 2.96. The number of hydrogen-bond acceptors (Lipinski definition) is 3. The van der Waals surface area contributed by atoms with Crippen LogP contribution in [0.25, 0.3) is 0 Å². The van der Waals surface area contributed by atoms with Gasteiger partial charge in [0.05, 0.1) is 11.3 Å². The summed E-state index contributed by atoms with van der Waals surface area (Å²) in [6.45, 7) is 4.77. The van der Waals surface area contributed by atoms with E-state index in [9.17, 15) is 13.2 Å². The first-order valence-electron chi connectivity index (χ1n) is 7.60. The third kappa shape index (κ3) is 3.02. The molecule has 122 valence electrons. The Kier molecular flexibility index (Phi) is 4.00. The lowest BCUT2D eigenvalue weighted by Crippen LogP contribution is -2.50. The van der Waals surface area contributed by atoms with Crippen molar-refractivity contribution in [2.45, 2.75) is 38.5 Å². The lowest BCUT2D eigenvalue weighted by molar-refractivity contribution is -0.137. The summed E-state index contributed by atoms with van der Waals surface area (Å²) in [6, 6.07) is 5.39. The van der Waals surface area contributed by atoms with Crippen LogP contribution in [-0.4, -0.2) is 35.0 Å². The van der Waals surface area contributed by atoms with Crippen LogP contribution >= 0.6 is 0 Å². The highest BCUT2D eigenvalue weighted by Gasteiger charge is 2.34. The van der Waals surface area contributed by atoms with Gasteiger partial charge in [0.25, 0.3) is 0 Å². The molecule has 1 atom stereocenters. The topological polar surface area (TPSA) is 28.0 Å². The van der Waals surface area contributed by atoms with Gasteiger partial charge in [0.2, 0.25) is 0 Å². The van der Waals surface area contributed by atoms with Crippen molar-refractivity contribution in [3.63, 3.8) is 0 Å². The number of alkyl halides is 3. The quantitative estimate of drug-likeness (QED) is 0.812. The standard InChI is InChI=1S/C17H18F3N3/c1-11(2)23-10-9-21-14-7-8-22-15(16(14)23)12-3-5-13(6-4-12)17(18,19)20/h3-6,9-11,16H,7-8H2,1-2H3. The van der Waals surface area contributed by atoms with Gasteiger partial charge < -0.3 is 4.90 Å². The number of fused-ring (bicyclic) bond motifs is 1. The Balaban J connectivity index is 1.96. The monoisotopic (exact) mass is 321 g/mol. The van der Waals surface area contributed by atoms with Crippen molar-refractivity contribution in [2.24, 2.45) is 9.98 Å². The largest absolute Gasteiger partial charge is 0.416 e. The lowest BCUT2D eigenvalue weighted by atomic mass is 9.91. The molecule has 2 aliphatic heterocycles. The van der Waals surface area contributed by atoms with Crippen LogP contribution in [0, 0.1) is 0 Å². The molecule has 0 N–H and O–H groups in total. The third-order valence-corrected chi connectivity index (χ3v) is 4.11. The predicted molar refractivity (Wildman–Crippen MR) is 84.8 cm³/mol. The maximum atomic E-state index is 12.7. The van der Waals surface area contributed by atoms with E-state index in [1.54, 1.807) is 6.20 Å². The maximum absolute atomic E-state index is 12.7. The first kappa shape index (κ1) is 15.8. The fraction of sp³-hybridized carbons (Fsp3) is 0.412. The molecule has 2 heterocycles. The number of rotatable bonds is 2. The molecule has 6 heteroatoms. The molecule has 0 radical (unpaired) electrons. The average molecular weight is 321 g/mol. The lowest BCUT2D eigenvalue weighted by Gasteiger charge is -2.39. The van der Waals surface area contributed by atoms with Gasteiger partial charge in [-0.3, -0.25) is 9.98 Å². The second kappa shape index (κ2) is 5.83. The molecule has 1 unspecified atom stereocenters. The fourth-order valence-corrected chi connectivity index (χ4v) is 2.96. The van der Waals surface area contributed by atoms with Crippen LogP contribution in [0.4, 0.5) is 13.2 Å². The van der Waals surface area contributed by atoms with Gasteiger partial charge in [-0.25, -0.2) is 0 Å². The minimum absolute atomic E-state index is 0.0921. The number of nitrogens with zero attached hydrogens (tertiary/aromatic N) is 3. The van der Waals surface area contributed by atoms with Crippen molar-refractivity contribution >= 4 is 11.4 Å². The smallest absolute Gasteiger partial charge is 0.360 e. The van der Waals surface area contributed by atoms with Crippen LogP contribution < -0.4 is 0 Å². The minimum Gasteiger partial charge on any atom is -0.360 e. The molecular weight excluding hydrogens is 303 g/mol. The van der Waals surface area contributed by atoms with Crippen LogP contribution in [0.2, 0.25) is 0 Å². The van der Waals surface area contributed by atoms with E-state index in [2.05, 4.69) is 28.7 Å². The number of hydrogen-bond donors (Lipinski definition) is 0. The van der Waals surface area contributed by atoms with Gasteiger partial charge in [0, 0.05) is 37.1 Å². The number of aliphatic imine (C=N–C) groups is 2. The molecule has 3 nitrogen and oxygen atoms in total. The Labute approximate surface area is 133 Å². The molecule has 1 aromatic carbocycles. The summed E-state index contributed by atoms with van der Waals surface area (Å²) in [5.41, 5.74) is 1.89. The van der Waals surface area contributed by atoms with Crippen molar-refractivity contribution in [1.29, 1.82) is 0 Å². The molecule has 1 aromatic rings. The SMILES string of the molecule is CC(C)N1C=CN=C2CCN=C(c3ccc(C(F)(F)F)cc3)C21. The Morgan fingerprint density at radius 3 is 2.48 bits per heavy atom. The second-order valence-electron chi connectivity index (χ2n) is 5.95. The zero-order chi connectivity index (χ0) is 16.6. The minimum atomic E-state index is -4.32. The molecule has 0 bridgehead atoms. The number of benzene rings is 1. The molecule has 0 amide bonds. The zero-order valence-corrected chi connectivity index (χ0v) is 13.0. The van der Waals surface area contributed by atoms with E-state index in [1.165, 1.54) is 12.1 Å². The normalized spacial score (nSPS) is 21.1. The zero-order valence-electron chi connectivity index (χ0n) is 13.0. The molecule has 0 fully saturated rings. The van der Waals surface area contributed by atoms with E-state index in [-0.39, 0.29) is 12.1 Å². The van der Waals surface area contributed by atoms with Crippen molar-refractivity contribution in [3.8, 4) is 0 Å². The van der Waals surface area contributed by atoms with E-state index in [4.69, 9.17) is 0 Å². The van der Waals surface area contributed by atoms with Gasteiger partial charge in [-0.15, -0.1) is 0 Å². The predicted octanol–water partition coefficient (Wildman–Crippen LogP) is 3.90. The molecule has 0 saturated heterocycles. The number of halogens is 3. The summed E-state index contributed by atoms with van der Waals surface area (Å²) in [5.74, 6) is 0. The van der Waals surface area contributed by atoms with E-state index < -0.39 is 11.7 Å². The van der Waals surface area contributed by atoms with Crippen molar-refractivity contribution < 1.29 is 13.2 Å². The first-order chi connectivity index (χ1) is 10.9. The van der Waals surface area contributed by atoms with Gasteiger partial charge in [-0.1, -0.05) is 12.1 Å². The molecule has 0 aliphatic carbocycles. The van der Waals surface area contributed by atoms with Gasteiger partial charge in [0.15, 0.2) is 0 Å². The molecule has 0 aromatic heterocycles. The van der Waals surface area contributed by atoms with E-state index in [0.29, 0.717) is 6.54 Å².